The highest BCUT2D eigenvalue weighted by Crippen LogP contribution is 2.33. The highest BCUT2D eigenvalue weighted by Gasteiger charge is 2.24. The zero-order valence-electron chi connectivity index (χ0n) is 13.4. The summed E-state index contributed by atoms with van der Waals surface area (Å²) < 4.78 is 0. The number of amidine groups is 1. The van der Waals surface area contributed by atoms with Gasteiger partial charge in [-0.3, -0.25) is 4.90 Å². The summed E-state index contributed by atoms with van der Waals surface area (Å²) in [4.78, 5) is 6.82. The number of nitrogens with zero attached hydrogens (tertiary/aromatic N) is 3. The van der Waals surface area contributed by atoms with E-state index >= 15 is 0 Å². The van der Waals surface area contributed by atoms with Crippen molar-refractivity contribution in [1.29, 1.82) is 5.26 Å². The van der Waals surface area contributed by atoms with E-state index in [1.807, 2.05) is 33.8 Å². The Kier molecular flexibility index (Phi) is 3.99. The molecule has 0 aromatic heterocycles. The normalized spacial score (nSPS) is 15.1. The average Bonchev–Trinajstić information content (AvgIpc) is 2.46. The zero-order chi connectivity index (χ0) is 15.7. The molecule has 0 spiro atoms. The molecule has 1 aliphatic rings. The van der Waals surface area contributed by atoms with Crippen molar-refractivity contribution >= 4 is 11.5 Å². The number of benzene rings is 1. The lowest BCUT2D eigenvalue weighted by atomic mass is 10.0. The van der Waals surface area contributed by atoms with Gasteiger partial charge in [0.05, 0.1) is 17.3 Å². The van der Waals surface area contributed by atoms with Gasteiger partial charge in [-0.1, -0.05) is 13.5 Å². The molecule has 0 unspecified atom stereocenters. The Morgan fingerprint density at radius 3 is 2.43 bits per heavy atom. The molecule has 0 fully saturated rings. The molecule has 21 heavy (non-hydrogen) atoms. The van der Waals surface area contributed by atoms with Gasteiger partial charge >= 0.3 is 0 Å². The maximum Gasteiger partial charge on any atom is 0.113 e. The smallest absolute Gasteiger partial charge is 0.113 e. The van der Waals surface area contributed by atoms with Gasteiger partial charge in [0.1, 0.15) is 5.84 Å². The van der Waals surface area contributed by atoms with Gasteiger partial charge in [-0.25, -0.2) is 4.99 Å². The fourth-order valence-electron chi connectivity index (χ4n) is 2.54. The second-order valence-corrected chi connectivity index (χ2v) is 5.44. The topological polar surface area (TPSA) is 39.4 Å². The first-order chi connectivity index (χ1) is 9.90. The van der Waals surface area contributed by atoms with Gasteiger partial charge in [-0.15, -0.1) is 0 Å². The summed E-state index contributed by atoms with van der Waals surface area (Å²) in [7, 11) is 0. The molecule has 0 saturated carbocycles. The number of hydrogen-bond acceptors (Lipinski definition) is 3. The summed E-state index contributed by atoms with van der Waals surface area (Å²) in [6.45, 7) is 14.4. The van der Waals surface area contributed by atoms with Crippen molar-refractivity contribution in [3.63, 3.8) is 0 Å². The molecule has 3 heteroatoms. The third-order valence-corrected chi connectivity index (χ3v) is 4.02. The maximum absolute atomic E-state index is 9.16. The molecule has 0 N–H and O–H groups in total. The van der Waals surface area contributed by atoms with E-state index in [0.29, 0.717) is 0 Å². The Labute approximate surface area is 126 Å². The fourth-order valence-corrected chi connectivity index (χ4v) is 2.54. The molecule has 0 bridgehead atoms. The van der Waals surface area contributed by atoms with Crippen molar-refractivity contribution in [3.05, 3.63) is 52.4 Å². The SMILES string of the molecule is C=C1C(C)=C(C)N=C(CC)N1c1cc(C)c(C#N)cc1C. The molecular weight excluding hydrogens is 258 g/mol. The number of aryl methyl sites for hydroxylation is 2. The summed E-state index contributed by atoms with van der Waals surface area (Å²) in [5.74, 6) is 0.996. The van der Waals surface area contributed by atoms with Crippen LogP contribution in [-0.4, -0.2) is 5.84 Å². The molecule has 1 aliphatic heterocycles. The van der Waals surface area contributed by atoms with Gasteiger partial charge in [0, 0.05) is 17.8 Å². The summed E-state index contributed by atoms with van der Waals surface area (Å²) >= 11 is 0. The monoisotopic (exact) mass is 279 g/mol. The number of nitriles is 1. The second kappa shape index (κ2) is 5.57. The number of rotatable bonds is 2. The van der Waals surface area contributed by atoms with Crippen LogP contribution >= 0.6 is 0 Å². The number of anilines is 1. The Morgan fingerprint density at radius 1 is 1.19 bits per heavy atom. The van der Waals surface area contributed by atoms with E-state index < -0.39 is 0 Å². The van der Waals surface area contributed by atoms with Crippen LogP contribution in [0.25, 0.3) is 0 Å². The summed E-state index contributed by atoms with van der Waals surface area (Å²) in [5, 5.41) is 9.16. The molecule has 108 valence electrons. The van der Waals surface area contributed by atoms with Crippen LogP contribution in [-0.2, 0) is 0 Å². The molecule has 1 heterocycles. The lowest BCUT2D eigenvalue weighted by Crippen LogP contribution is -2.33. The largest absolute Gasteiger partial charge is 0.299 e. The van der Waals surface area contributed by atoms with E-state index in [1.54, 1.807) is 0 Å². The van der Waals surface area contributed by atoms with Crippen molar-refractivity contribution in [2.75, 3.05) is 4.90 Å². The molecule has 0 radical (unpaired) electrons. The molecule has 0 amide bonds. The third-order valence-electron chi connectivity index (χ3n) is 4.02. The minimum atomic E-state index is 0.720. The van der Waals surface area contributed by atoms with Crippen molar-refractivity contribution in [1.82, 2.24) is 0 Å². The van der Waals surface area contributed by atoms with Crippen LogP contribution in [0.1, 0.15) is 43.9 Å². The first-order valence-electron chi connectivity index (χ1n) is 7.16. The molecule has 0 aliphatic carbocycles. The van der Waals surface area contributed by atoms with Gasteiger partial charge < -0.3 is 0 Å². The molecule has 2 rings (SSSR count). The van der Waals surface area contributed by atoms with Crippen LogP contribution in [0, 0.1) is 25.2 Å². The van der Waals surface area contributed by atoms with E-state index in [9.17, 15) is 0 Å². The van der Waals surface area contributed by atoms with Crippen LogP contribution in [0.4, 0.5) is 5.69 Å². The molecule has 0 atom stereocenters. The summed E-state index contributed by atoms with van der Waals surface area (Å²) in [5.41, 5.74) is 6.91. The van der Waals surface area contributed by atoms with Gasteiger partial charge in [-0.2, -0.15) is 5.26 Å². The van der Waals surface area contributed by atoms with Crippen molar-refractivity contribution < 1.29 is 0 Å². The van der Waals surface area contributed by atoms with E-state index in [2.05, 4.69) is 30.5 Å². The van der Waals surface area contributed by atoms with Gasteiger partial charge in [0.2, 0.25) is 0 Å². The van der Waals surface area contributed by atoms with Crippen LogP contribution in [0.5, 0.6) is 0 Å². The van der Waals surface area contributed by atoms with E-state index in [0.717, 1.165) is 51.6 Å². The predicted molar refractivity (Wildman–Crippen MR) is 88.4 cm³/mol. The van der Waals surface area contributed by atoms with Crippen LogP contribution < -0.4 is 4.90 Å². The van der Waals surface area contributed by atoms with Crippen molar-refractivity contribution in [2.24, 2.45) is 4.99 Å². The number of hydrogen-bond donors (Lipinski definition) is 0. The van der Waals surface area contributed by atoms with E-state index in [-0.39, 0.29) is 0 Å². The minimum absolute atomic E-state index is 0.720. The standard InChI is InChI=1S/C18H21N3/c1-7-18-20-14(5)13(4)15(6)21(18)17-9-11(2)16(10-19)8-12(17)3/h8-9H,6-7H2,1-5H3. The Morgan fingerprint density at radius 2 is 1.86 bits per heavy atom. The fraction of sp³-hybridized carbons (Fsp3) is 0.333. The quantitative estimate of drug-likeness (QED) is 0.793. The lowest BCUT2D eigenvalue weighted by Gasteiger charge is -2.33. The Balaban J connectivity index is 2.62. The van der Waals surface area contributed by atoms with Crippen LogP contribution in [0.3, 0.4) is 0 Å². The molecule has 1 aromatic carbocycles. The second-order valence-electron chi connectivity index (χ2n) is 5.44. The lowest BCUT2D eigenvalue weighted by molar-refractivity contribution is 1.03. The van der Waals surface area contributed by atoms with Gasteiger partial charge in [-0.05, 0) is 56.5 Å². The van der Waals surface area contributed by atoms with Crippen molar-refractivity contribution in [2.45, 2.75) is 41.0 Å². The third kappa shape index (κ3) is 2.50. The Hall–Kier alpha value is -2.34. The summed E-state index contributed by atoms with van der Waals surface area (Å²) in [6, 6.07) is 6.23. The van der Waals surface area contributed by atoms with Crippen LogP contribution in [0.15, 0.2) is 40.7 Å². The molecule has 3 nitrogen and oxygen atoms in total. The first kappa shape index (κ1) is 15.1. The van der Waals surface area contributed by atoms with E-state index in [1.165, 1.54) is 0 Å². The highest BCUT2D eigenvalue weighted by molar-refractivity contribution is 6.03. The average molecular weight is 279 g/mol. The van der Waals surface area contributed by atoms with Gasteiger partial charge in [0.25, 0.3) is 0 Å². The summed E-state index contributed by atoms with van der Waals surface area (Å²) in [6.07, 6.45) is 0.835. The zero-order valence-corrected chi connectivity index (χ0v) is 13.4. The maximum atomic E-state index is 9.16. The van der Waals surface area contributed by atoms with E-state index in [4.69, 9.17) is 10.3 Å². The number of allylic oxidation sites excluding steroid dienone is 2. The number of aliphatic imine (C=N–C) groups is 1. The highest BCUT2D eigenvalue weighted by atomic mass is 15.2. The molecular formula is C18H21N3. The van der Waals surface area contributed by atoms with Gasteiger partial charge in [0.15, 0.2) is 0 Å². The molecule has 1 aromatic rings. The minimum Gasteiger partial charge on any atom is -0.299 e. The van der Waals surface area contributed by atoms with Crippen molar-refractivity contribution in [3.8, 4) is 6.07 Å². The Bertz CT molecular complexity index is 715. The first-order valence-corrected chi connectivity index (χ1v) is 7.16. The molecule has 0 saturated heterocycles. The van der Waals surface area contributed by atoms with Crippen LogP contribution in [0.2, 0.25) is 0 Å². The predicted octanol–water partition coefficient (Wildman–Crippen LogP) is 4.61.